The molecule has 0 radical (unpaired) electrons. The largest absolute Gasteiger partial charge is 0.480 e. The van der Waals surface area contributed by atoms with Crippen molar-refractivity contribution in [1.82, 2.24) is 10.2 Å². The van der Waals surface area contributed by atoms with E-state index in [1.165, 1.54) is 12.1 Å². The minimum atomic E-state index is -3.55. The first-order chi connectivity index (χ1) is 12.2. The molecule has 0 aliphatic heterocycles. The van der Waals surface area contributed by atoms with Gasteiger partial charge in [-0.15, -0.1) is 0 Å². The number of carbonyl (C=O) groups excluding carboxylic acids is 1. The molecule has 7 nitrogen and oxygen atoms in total. The first-order valence-corrected chi connectivity index (χ1v) is 10.3. The first-order valence-electron chi connectivity index (χ1n) is 8.76. The molecule has 0 aromatic heterocycles. The molecular formula is C18H26N2O5S. The van der Waals surface area contributed by atoms with Crippen molar-refractivity contribution in [2.45, 2.75) is 55.8 Å². The van der Waals surface area contributed by atoms with Crippen LogP contribution in [0.5, 0.6) is 0 Å². The number of nitrogens with one attached hydrogen (secondary N) is 1. The Kier molecular flexibility index (Phi) is 6.41. The van der Waals surface area contributed by atoms with E-state index in [0.29, 0.717) is 19.4 Å². The quantitative estimate of drug-likeness (QED) is 0.707. The summed E-state index contributed by atoms with van der Waals surface area (Å²) in [5.74, 6) is -1.28. The van der Waals surface area contributed by atoms with Crippen LogP contribution in [0.15, 0.2) is 29.2 Å². The molecule has 0 heterocycles. The Labute approximate surface area is 154 Å². The van der Waals surface area contributed by atoms with E-state index in [0.717, 1.165) is 0 Å². The fraction of sp³-hybridized carbons (Fsp3) is 0.556. The summed E-state index contributed by atoms with van der Waals surface area (Å²) in [5, 5.41) is 11.2. The molecule has 8 heteroatoms. The highest BCUT2D eigenvalue weighted by molar-refractivity contribution is 7.92. The Morgan fingerprint density at radius 2 is 1.88 bits per heavy atom. The molecule has 1 aromatic rings. The van der Waals surface area contributed by atoms with Crippen LogP contribution in [0, 0.1) is 0 Å². The van der Waals surface area contributed by atoms with Crippen LogP contribution in [0.25, 0.3) is 0 Å². The number of nitrogens with zero attached hydrogens (tertiary/aromatic N) is 1. The number of amides is 1. The summed E-state index contributed by atoms with van der Waals surface area (Å²) in [7, 11) is -3.55. The maximum atomic E-state index is 12.6. The number of carbonyl (C=O) groups is 2. The van der Waals surface area contributed by atoms with E-state index >= 15 is 0 Å². The van der Waals surface area contributed by atoms with Gasteiger partial charge in [0.25, 0.3) is 5.91 Å². The summed E-state index contributed by atoms with van der Waals surface area (Å²) in [6.07, 6.45) is 1.32. The van der Waals surface area contributed by atoms with E-state index in [2.05, 4.69) is 5.32 Å². The van der Waals surface area contributed by atoms with Gasteiger partial charge in [-0.2, -0.15) is 0 Å². The van der Waals surface area contributed by atoms with Crippen LogP contribution in [-0.2, 0) is 14.6 Å². The standard InChI is InChI=1S/C18H26N2O5S/c1-4-20(11-17(21)22)14-9-13(10-14)19-18(23)15-7-5-6-8-16(15)26(24,25)12(2)3/h5-8,12-14H,4,9-11H2,1-3H3,(H,19,23)(H,21,22). The van der Waals surface area contributed by atoms with Gasteiger partial charge < -0.3 is 10.4 Å². The van der Waals surface area contributed by atoms with Gasteiger partial charge in [0.2, 0.25) is 0 Å². The Balaban J connectivity index is 2.04. The average molecular weight is 382 g/mol. The topological polar surface area (TPSA) is 104 Å². The van der Waals surface area contributed by atoms with E-state index in [9.17, 15) is 18.0 Å². The van der Waals surface area contributed by atoms with Gasteiger partial charge in [-0.3, -0.25) is 14.5 Å². The predicted molar refractivity (Wildman–Crippen MR) is 97.9 cm³/mol. The van der Waals surface area contributed by atoms with Gasteiger partial charge in [0, 0.05) is 12.1 Å². The number of rotatable bonds is 8. The molecule has 0 saturated heterocycles. The second kappa shape index (κ2) is 8.18. The van der Waals surface area contributed by atoms with Crippen LogP contribution in [0.1, 0.15) is 44.0 Å². The molecule has 1 amide bonds. The van der Waals surface area contributed by atoms with Crippen LogP contribution >= 0.6 is 0 Å². The van der Waals surface area contributed by atoms with Gasteiger partial charge in [-0.05, 0) is 45.4 Å². The molecule has 144 valence electrons. The molecule has 0 spiro atoms. The summed E-state index contributed by atoms with van der Waals surface area (Å²) < 4.78 is 24.9. The molecule has 1 saturated carbocycles. The van der Waals surface area contributed by atoms with Crippen molar-refractivity contribution in [2.75, 3.05) is 13.1 Å². The molecule has 2 rings (SSSR count). The van der Waals surface area contributed by atoms with Gasteiger partial charge >= 0.3 is 5.97 Å². The second-order valence-electron chi connectivity index (χ2n) is 6.84. The normalized spacial score (nSPS) is 20.0. The smallest absolute Gasteiger partial charge is 0.317 e. The summed E-state index contributed by atoms with van der Waals surface area (Å²) >= 11 is 0. The first kappa shape index (κ1) is 20.4. The molecule has 2 N–H and O–H groups in total. The third-order valence-electron chi connectivity index (χ3n) is 4.77. The molecule has 1 fully saturated rings. The van der Waals surface area contributed by atoms with Crippen LogP contribution in [-0.4, -0.2) is 60.7 Å². The van der Waals surface area contributed by atoms with Crippen molar-refractivity contribution < 1.29 is 23.1 Å². The highest BCUT2D eigenvalue weighted by Crippen LogP contribution is 2.27. The molecule has 1 aliphatic carbocycles. The number of sulfone groups is 1. The molecule has 0 atom stereocenters. The van der Waals surface area contributed by atoms with E-state index in [4.69, 9.17) is 5.11 Å². The fourth-order valence-electron chi connectivity index (χ4n) is 3.10. The minimum absolute atomic E-state index is 0.0166. The van der Waals surface area contributed by atoms with Gasteiger partial charge in [0.1, 0.15) is 0 Å². The number of hydrogen-bond acceptors (Lipinski definition) is 5. The van der Waals surface area contributed by atoms with E-state index in [1.54, 1.807) is 26.0 Å². The van der Waals surface area contributed by atoms with Gasteiger partial charge in [0.15, 0.2) is 9.84 Å². The maximum absolute atomic E-state index is 12.6. The molecule has 1 aromatic carbocycles. The molecule has 1 aliphatic rings. The lowest BCUT2D eigenvalue weighted by atomic mass is 9.85. The number of hydrogen-bond donors (Lipinski definition) is 2. The number of carboxylic acid groups (broad SMARTS) is 1. The van der Waals surface area contributed by atoms with Crippen LogP contribution in [0.2, 0.25) is 0 Å². The van der Waals surface area contributed by atoms with Crippen molar-refractivity contribution in [3.05, 3.63) is 29.8 Å². The van der Waals surface area contributed by atoms with Gasteiger partial charge in [-0.1, -0.05) is 19.1 Å². The summed E-state index contributed by atoms with van der Waals surface area (Å²) in [6, 6.07) is 6.27. The van der Waals surface area contributed by atoms with Crippen molar-refractivity contribution >= 4 is 21.7 Å². The van der Waals surface area contributed by atoms with E-state index in [-0.39, 0.29) is 29.1 Å². The van der Waals surface area contributed by atoms with Crippen molar-refractivity contribution in [3.63, 3.8) is 0 Å². The Hall–Kier alpha value is -1.93. The Bertz CT molecular complexity index is 770. The highest BCUT2D eigenvalue weighted by Gasteiger charge is 2.35. The number of likely N-dealkylation sites (N-methyl/N-ethyl adjacent to an activating group) is 1. The van der Waals surface area contributed by atoms with Crippen molar-refractivity contribution in [1.29, 1.82) is 0 Å². The van der Waals surface area contributed by atoms with Crippen molar-refractivity contribution in [2.24, 2.45) is 0 Å². The zero-order chi connectivity index (χ0) is 19.5. The Morgan fingerprint density at radius 3 is 2.42 bits per heavy atom. The molecule has 0 bridgehead atoms. The fourth-order valence-corrected chi connectivity index (χ4v) is 4.34. The summed E-state index contributed by atoms with van der Waals surface area (Å²) in [5.41, 5.74) is 0.155. The number of carboxylic acids is 1. The van der Waals surface area contributed by atoms with Crippen LogP contribution in [0.3, 0.4) is 0 Å². The lowest BCUT2D eigenvalue weighted by molar-refractivity contribution is -0.139. The van der Waals surface area contributed by atoms with Crippen LogP contribution in [0.4, 0.5) is 0 Å². The van der Waals surface area contributed by atoms with Gasteiger partial charge in [-0.25, -0.2) is 8.42 Å². The molecule has 26 heavy (non-hydrogen) atoms. The zero-order valence-electron chi connectivity index (χ0n) is 15.3. The summed E-state index contributed by atoms with van der Waals surface area (Å²) in [6.45, 7) is 5.69. The van der Waals surface area contributed by atoms with Gasteiger partial charge in [0.05, 0.1) is 22.3 Å². The second-order valence-corrected chi connectivity index (χ2v) is 9.32. The Morgan fingerprint density at radius 1 is 1.27 bits per heavy atom. The predicted octanol–water partition coefficient (Wildman–Crippen LogP) is 1.54. The number of aliphatic carboxylic acids is 1. The summed E-state index contributed by atoms with van der Waals surface area (Å²) in [4.78, 5) is 25.4. The molecule has 0 unspecified atom stereocenters. The van der Waals surface area contributed by atoms with Crippen molar-refractivity contribution in [3.8, 4) is 0 Å². The third-order valence-corrected chi connectivity index (χ3v) is 6.98. The third kappa shape index (κ3) is 4.42. The average Bonchev–Trinajstić information content (AvgIpc) is 2.55. The highest BCUT2D eigenvalue weighted by atomic mass is 32.2. The van der Waals surface area contributed by atoms with E-state index in [1.807, 2.05) is 11.8 Å². The number of benzene rings is 1. The lowest BCUT2D eigenvalue weighted by Gasteiger charge is -2.42. The monoisotopic (exact) mass is 382 g/mol. The minimum Gasteiger partial charge on any atom is -0.480 e. The zero-order valence-corrected chi connectivity index (χ0v) is 16.1. The lowest BCUT2D eigenvalue weighted by Crippen LogP contribution is -2.54. The maximum Gasteiger partial charge on any atom is 0.317 e. The SMILES string of the molecule is CCN(CC(=O)O)C1CC(NC(=O)c2ccccc2S(=O)(=O)C(C)C)C1. The molecular weight excluding hydrogens is 356 g/mol. The van der Waals surface area contributed by atoms with Crippen LogP contribution < -0.4 is 5.32 Å². The van der Waals surface area contributed by atoms with E-state index < -0.39 is 27.0 Å².